The highest BCUT2D eigenvalue weighted by molar-refractivity contribution is 6.32. The molecule has 0 saturated carbocycles. The number of benzene rings is 2. The topological polar surface area (TPSA) is 37.8 Å². The minimum Gasteiger partial charge on any atom is -0.340 e. The summed E-state index contributed by atoms with van der Waals surface area (Å²) >= 11 is 17.8. The van der Waals surface area contributed by atoms with Gasteiger partial charge in [-0.25, -0.2) is 4.98 Å². The Kier molecular flexibility index (Phi) is 3.66. The van der Waals surface area contributed by atoms with E-state index < -0.39 is 0 Å². The van der Waals surface area contributed by atoms with Crippen molar-refractivity contribution in [2.24, 2.45) is 0 Å². The molecule has 1 heterocycles. The van der Waals surface area contributed by atoms with E-state index in [9.17, 15) is 0 Å². The monoisotopic (exact) mass is 323 g/mol. The van der Waals surface area contributed by atoms with Crippen molar-refractivity contribution in [3.63, 3.8) is 0 Å². The lowest BCUT2D eigenvalue weighted by Crippen LogP contribution is -1.97. The molecule has 0 aliphatic heterocycles. The summed E-state index contributed by atoms with van der Waals surface area (Å²) in [5.41, 5.74) is 1.58. The van der Waals surface area contributed by atoms with Crippen LogP contribution in [0, 0.1) is 0 Å². The van der Waals surface area contributed by atoms with Crippen LogP contribution in [0.3, 0.4) is 0 Å². The summed E-state index contributed by atoms with van der Waals surface area (Å²) in [5.74, 6) is 0.602. The second-order valence-electron chi connectivity index (χ2n) is 4.13. The van der Waals surface area contributed by atoms with E-state index in [2.05, 4.69) is 15.3 Å². The zero-order valence-corrected chi connectivity index (χ0v) is 12.3. The third-order valence-corrected chi connectivity index (χ3v) is 3.39. The van der Waals surface area contributed by atoms with Gasteiger partial charge in [-0.2, -0.15) is 4.98 Å². The molecule has 0 bridgehead atoms. The molecule has 0 aliphatic carbocycles. The highest BCUT2D eigenvalue weighted by Crippen LogP contribution is 2.28. The van der Waals surface area contributed by atoms with Gasteiger partial charge in [0.2, 0.25) is 5.28 Å². The fourth-order valence-corrected chi connectivity index (χ4v) is 2.31. The van der Waals surface area contributed by atoms with Gasteiger partial charge in [-0.15, -0.1) is 0 Å². The predicted octanol–water partition coefficient (Wildman–Crippen LogP) is 5.33. The minimum absolute atomic E-state index is 0.177. The van der Waals surface area contributed by atoms with E-state index in [0.29, 0.717) is 15.9 Å². The number of fused-ring (bicyclic) bond motifs is 1. The lowest BCUT2D eigenvalue weighted by molar-refractivity contribution is 1.22. The van der Waals surface area contributed by atoms with Crippen molar-refractivity contribution in [3.05, 3.63) is 57.8 Å². The Labute approximate surface area is 130 Å². The van der Waals surface area contributed by atoms with Crippen molar-refractivity contribution >= 4 is 57.2 Å². The molecule has 20 heavy (non-hydrogen) atoms. The Bertz CT molecular complexity index is 772. The van der Waals surface area contributed by atoms with Gasteiger partial charge in [-0.1, -0.05) is 23.2 Å². The van der Waals surface area contributed by atoms with Gasteiger partial charge in [0.15, 0.2) is 0 Å². The average molecular weight is 325 g/mol. The molecule has 0 spiro atoms. The number of rotatable bonds is 2. The van der Waals surface area contributed by atoms with Crippen LogP contribution in [0.4, 0.5) is 11.5 Å². The smallest absolute Gasteiger partial charge is 0.224 e. The largest absolute Gasteiger partial charge is 0.340 e. The molecule has 0 radical (unpaired) electrons. The molecule has 1 aromatic heterocycles. The maximum absolute atomic E-state index is 6.02. The predicted molar refractivity (Wildman–Crippen MR) is 84.3 cm³/mol. The van der Waals surface area contributed by atoms with Crippen LogP contribution < -0.4 is 5.32 Å². The number of aromatic nitrogens is 2. The van der Waals surface area contributed by atoms with Gasteiger partial charge >= 0.3 is 0 Å². The molecule has 2 aromatic carbocycles. The van der Waals surface area contributed by atoms with Crippen molar-refractivity contribution in [2.45, 2.75) is 0 Å². The fraction of sp³-hybridized carbons (Fsp3) is 0. The summed E-state index contributed by atoms with van der Waals surface area (Å²) < 4.78 is 0. The second kappa shape index (κ2) is 5.44. The average Bonchev–Trinajstić information content (AvgIpc) is 2.42. The Morgan fingerprint density at radius 3 is 2.25 bits per heavy atom. The summed E-state index contributed by atoms with van der Waals surface area (Å²) in [6.45, 7) is 0. The van der Waals surface area contributed by atoms with Crippen LogP contribution in [0.2, 0.25) is 15.3 Å². The first-order valence-corrected chi connectivity index (χ1v) is 6.90. The summed E-state index contributed by atoms with van der Waals surface area (Å²) in [4.78, 5) is 8.38. The molecule has 6 heteroatoms. The normalized spacial score (nSPS) is 10.8. The highest BCUT2D eigenvalue weighted by atomic mass is 35.5. The molecule has 3 nitrogen and oxygen atoms in total. The molecule has 0 amide bonds. The maximum Gasteiger partial charge on any atom is 0.224 e. The van der Waals surface area contributed by atoms with Crippen LogP contribution in [-0.4, -0.2) is 9.97 Å². The van der Waals surface area contributed by atoms with E-state index in [1.54, 1.807) is 30.3 Å². The Hall–Kier alpha value is -1.55. The van der Waals surface area contributed by atoms with Gasteiger partial charge < -0.3 is 5.32 Å². The summed E-state index contributed by atoms with van der Waals surface area (Å²) in [6, 6.07) is 12.7. The van der Waals surface area contributed by atoms with Gasteiger partial charge in [0.25, 0.3) is 0 Å². The molecule has 0 saturated heterocycles. The van der Waals surface area contributed by atoms with E-state index in [-0.39, 0.29) is 5.28 Å². The number of anilines is 2. The van der Waals surface area contributed by atoms with E-state index in [1.807, 2.05) is 12.1 Å². The Morgan fingerprint density at radius 2 is 1.50 bits per heavy atom. The Balaban J connectivity index is 2.10. The number of hydrogen-bond donors (Lipinski definition) is 1. The third kappa shape index (κ3) is 2.80. The van der Waals surface area contributed by atoms with Crippen molar-refractivity contribution in [1.29, 1.82) is 0 Å². The van der Waals surface area contributed by atoms with Crippen LogP contribution in [-0.2, 0) is 0 Å². The first-order chi connectivity index (χ1) is 9.61. The lowest BCUT2D eigenvalue weighted by atomic mass is 10.2. The van der Waals surface area contributed by atoms with E-state index in [0.717, 1.165) is 16.6 Å². The van der Waals surface area contributed by atoms with Crippen molar-refractivity contribution < 1.29 is 0 Å². The van der Waals surface area contributed by atoms with Crippen LogP contribution in [0.5, 0.6) is 0 Å². The second-order valence-corrected chi connectivity index (χ2v) is 5.35. The number of halogens is 3. The Morgan fingerprint density at radius 1 is 0.800 bits per heavy atom. The number of nitrogens with zero attached hydrogens (tertiary/aromatic N) is 2. The van der Waals surface area contributed by atoms with Crippen LogP contribution in [0.1, 0.15) is 0 Å². The van der Waals surface area contributed by atoms with Crippen LogP contribution in [0.25, 0.3) is 10.9 Å². The number of nitrogens with one attached hydrogen (secondary N) is 1. The quantitative estimate of drug-likeness (QED) is 0.647. The van der Waals surface area contributed by atoms with Gasteiger partial charge in [-0.3, -0.25) is 0 Å². The molecule has 0 unspecified atom stereocenters. The van der Waals surface area contributed by atoms with Gasteiger partial charge in [0, 0.05) is 21.1 Å². The van der Waals surface area contributed by atoms with E-state index >= 15 is 0 Å². The molecular weight excluding hydrogens is 317 g/mol. The molecule has 0 atom stereocenters. The zero-order valence-electron chi connectivity index (χ0n) is 10.1. The van der Waals surface area contributed by atoms with E-state index in [1.165, 1.54) is 0 Å². The van der Waals surface area contributed by atoms with Crippen LogP contribution >= 0.6 is 34.8 Å². The first kappa shape index (κ1) is 13.4. The first-order valence-electron chi connectivity index (χ1n) is 5.77. The number of hydrogen-bond acceptors (Lipinski definition) is 3. The molecule has 1 N–H and O–H groups in total. The minimum atomic E-state index is 0.177. The van der Waals surface area contributed by atoms with Crippen LogP contribution in [0.15, 0.2) is 42.5 Å². The summed E-state index contributed by atoms with van der Waals surface area (Å²) in [6.07, 6.45) is 0. The van der Waals surface area contributed by atoms with Crippen molar-refractivity contribution in [2.75, 3.05) is 5.32 Å². The highest BCUT2D eigenvalue weighted by Gasteiger charge is 2.07. The third-order valence-electron chi connectivity index (χ3n) is 2.74. The SMILES string of the molecule is Clc1ccc(Nc2nc(Cl)nc3ccc(Cl)cc23)cc1. The lowest BCUT2D eigenvalue weighted by Gasteiger charge is -2.09. The van der Waals surface area contributed by atoms with Crippen molar-refractivity contribution in [3.8, 4) is 0 Å². The van der Waals surface area contributed by atoms with Gasteiger partial charge in [0.1, 0.15) is 5.82 Å². The van der Waals surface area contributed by atoms with Crippen molar-refractivity contribution in [1.82, 2.24) is 9.97 Å². The molecule has 0 fully saturated rings. The molecule has 100 valence electrons. The molecule has 0 aliphatic rings. The molecule has 3 aromatic rings. The maximum atomic E-state index is 6.02. The molecular formula is C14H8Cl3N3. The summed E-state index contributed by atoms with van der Waals surface area (Å²) in [5, 5.41) is 5.45. The van der Waals surface area contributed by atoms with E-state index in [4.69, 9.17) is 34.8 Å². The fourth-order valence-electron chi connectivity index (χ4n) is 1.84. The van der Waals surface area contributed by atoms with Gasteiger partial charge in [0.05, 0.1) is 5.52 Å². The zero-order chi connectivity index (χ0) is 14.1. The molecule has 3 rings (SSSR count). The summed E-state index contributed by atoms with van der Waals surface area (Å²) in [7, 11) is 0. The standard InChI is InChI=1S/C14H8Cl3N3/c15-8-1-4-10(5-2-8)18-13-11-7-9(16)3-6-12(11)19-14(17)20-13/h1-7H,(H,18,19,20). The van der Waals surface area contributed by atoms with Gasteiger partial charge in [-0.05, 0) is 54.1 Å².